The highest BCUT2D eigenvalue weighted by Gasteiger charge is 2.35. The Balaban J connectivity index is 1.88. The summed E-state index contributed by atoms with van der Waals surface area (Å²) in [6.07, 6.45) is 1.40. The van der Waals surface area contributed by atoms with Crippen LogP contribution in [0.3, 0.4) is 0 Å². The van der Waals surface area contributed by atoms with E-state index in [9.17, 15) is 9.59 Å². The van der Waals surface area contributed by atoms with Crippen molar-refractivity contribution in [2.45, 2.75) is 18.9 Å². The third-order valence-corrected chi connectivity index (χ3v) is 6.90. The number of methoxy groups -OCH3 is 1. The molecule has 1 aliphatic rings. The van der Waals surface area contributed by atoms with Crippen molar-refractivity contribution in [2.24, 2.45) is 0 Å². The summed E-state index contributed by atoms with van der Waals surface area (Å²) in [5, 5.41) is 3.09. The fourth-order valence-corrected chi connectivity index (χ4v) is 5.26. The van der Waals surface area contributed by atoms with E-state index in [0.29, 0.717) is 36.2 Å². The van der Waals surface area contributed by atoms with Crippen LogP contribution in [0.15, 0.2) is 29.6 Å². The van der Waals surface area contributed by atoms with Crippen molar-refractivity contribution in [1.82, 2.24) is 9.80 Å². The maximum absolute atomic E-state index is 13.3. The molecule has 2 heterocycles. The molecule has 1 aliphatic heterocycles. The first-order chi connectivity index (χ1) is 14.5. The van der Waals surface area contributed by atoms with Gasteiger partial charge in [-0.2, -0.15) is 0 Å². The summed E-state index contributed by atoms with van der Waals surface area (Å²) in [6.45, 7) is 1.44. The molecule has 1 unspecified atom stereocenters. The van der Waals surface area contributed by atoms with Crippen LogP contribution >= 0.6 is 46.1 Å². The number of benzene rings is 1. The molecular formula is C21H23Cl3N2O3S. The van der Waals surface area contributed by atoms with Gasteiger partial charge in [0.05, 0.1) is 12.6 Å². The van der Waals surface area contributed by atoms with Crippen molar-refractivity contribution in [3.8, 4) is 0 Å². The summed E-state index contributed by atoms with van der Waals surface area (Å²) in [5.41, 5.74) is 1.89. The Labute approximate surface area is 195 Å². The average molecular weight is 490 g/mol. The van der Waals surface area contributed by atoms with Gasteiger partial charge in [-0.25, -0.2) is 0 Å². The van der Waals surface area contributed by atoms with E-state index in [1.165, 1.54) is 9.78 Å². The van der Waals surface area contributed by atoms with Crippen LogP contribution in [0.2, 0.25) is 10.0 Å². The van der Waals surface area contributed by atoms with Gasteiger partial charge in [0.1, 0.15) is 5.88 Å². The zero-order valence-corrected chi connectivity index (χ0v) is 19.7. The summed E-state index contributed by atoms with van der Waals surface area (Å²) in [6, 6.07) is 7.05. The smallest absolute Gasteiger partial charge is 0.242 e. The second kappa shape index (κ2) is 10.8. The van der Waals surface area contributed by atoms with Crippen molar-refractivity contribution >= 4 is 58.0 Å². The molecule has 1 aromatic heterocycles. The number of nitrogens with zero attached hydrogens (tertiary/aromatic N) is 2. The number of halogens is 3. The lowest BCUT2D eigenvalue weighted by molar-refractivity contribution is -0.140. The Kier molecular flexibility index (Phi) is 8.43. The molecule has 1 aromatic carbocycles. The Morgan fingerprint density at radius 1 is 1.27 bits per heavy atom. The van der Waals surface area contributed by atoms with Gasteiger partial charge in [-0.15, -0.1) is 22.9 Å². The van der Waals surface area contributed by atoms with E-state index in [1.807, 2.05) is 17.5 Å². The number of carbonyl (C=O) groups is 2. The van der Waals surface area contributed by atoms with Crippen molar-refractivity contribution in [2.75, 3.05) is 39.2 Å². The highest BCUT2D eigenvalue weighted by atomic mass is 35.5. The number of amides is 2. The lowest BCUT2D eigenvalue weighted by Crippen LogP contribution is -2.47. The number of rotatable bonds is 8. The Morgan fingerprint density at radius 3 is 2.77 bits per heavy atom. The second-order valence-electron chi connectivity index (χ2n) is 7.00. The van der Waals surface area contributed by atoms with Gasteiger partial charge in [0.25, 0.3) is 0 Å². The highest BCUT2D eigenvalue weighted by Crippen LogP contribution is 2.41. The fourth-order valence-electron chi connectivity index (χ4n) is 3.67. The molecule has 3 rings (SSSR count). The number of hydrogen-bond acceptors (Lipinski definition) is 4. The molecule has 9 heteroatoms. The van der Waals surface area contributed by atoms with Crippen LogP contribution in [0, 0.1) is 0 Å². The maximum Gasteiger partial charge on any atom is 0.242 e. The minimum absolute atomic E-state index is 0.0313. The van der Waals surface area contributed by atoms with E-state index in [-0.39, 0.29) is 30.3 Å². The zero-order chi connectivity index (χ0) is 21.7. The summed E-state index contributed by atoms with van der Waals surface area (Å²) in [5.74, 6) is -0.573. The van der Waals surface area contributed by atoms with Gasteiger partial charge in [0, 0.05) is 41.7 Å². The molecule has 0 N–H and O–H groups in total. The van der Waals surface area contributed by atoms with Crippen LogP contribution in [0.4, 0.5) is 0 Å². The summed E-state index contributed by atoms with van der Waals surface area (Å²) in [7, 11) is 1.60. The van der Waals surface area contributed by atoms with E-state index in [4.69, 9.17) is 39.5 Å². The first kappa shape index (κ1) is 23.4. The minimum Gasteiger partial charge on any atom is -0.385 e. The van der Waals surface area contributed by atoms with E-state index in [0.717, 1.165) is 17.5 Å². The third-order valence-electron chi connectivity index (χ3n) is 5.11. The van der Waals surface area contributed by atoms with Crippen molar-refractivity contribution < 1.29 is 14.3 Å². The number of carbonyl (C=O) groups excluding carboxylic acids is 2. The molecule has 0 saturated heterocycles. The predicted molar refractivity (Wildman–Crippen MR) is 122 cm³/mol. The van der Waals surface area contributed by atoms with Crippen molar-refractivity contribution in [3.05, 3.63) is 55.7 Å². The lowest BCUT2D eigenvalue weighted by Gasteiger charge is -2.38. The number of alkyl halides is 1. The Morgan fingerprint density at radius 2 is 2.07 bits per heavy atom. The fraction of sp³-hybridized carbons (Fsp3) is 0.429. The molecule has 162 valence electrons. The van der Waals surface area contributed by atoms with Gasteiger partial charge in [-0.1, -0.05) is 29.3 Å². The van der Waals surface area contributed by atoms with Gasteiger partial charge in [-0.05, 0) is 47.5 Å². The van der Waals surface area contributed by atoms with Crippen molar-refractivity contribution in [3.63, 3.8) is 0 Å². The Bertz CT molecular complexity index is 905. The van der Waals surface area contributed by atoms with E-state index >= 15 is 0 Å². The van der Waals surface area contributed by atoms with Crippen LogP contribution < -0.4 is 0 Å². The zero-order valence-electron chi connectivity index (χ0n) is 16.6. The first-order valence-electron chi connectivity index (χ1n) is 9.59. The van der Waals surface area contributed by atoms with Gasteiger partial charge in [-0.3, -0.25) is 9.59 Å². The normalized spacial score (nSPS) is 15.7. The number of thiophene rings is 1. The second-order valence-corrected chi connectivity index (χ2v) is 9.11. The quantitative estimate of drug-likeness (QED) is 0.401. The van der Waals surface area contributed by atoms with E-state index < -0.39 is 0 Å². The van der Waals surface area contributed by atoms with Crippen LogP contribution in [0.25, 0.3) is 0 Å². The molecule has 0 spiro atoms. The van der Waals surface area contributed by atoms with Crippen LogP contribution in [-0.4, -0.2) is 60.8 Å². The van der Waals surface area contributed by atoms with Gasteiger partial charge in [0.2, 0.25) is 11.8 Å². The van der Waals surface area contributed by atoms with Gasteiger partial charge in [0.15, 0.2) is 0 Å². The molecule has 0 radical (unpaired) electrons. The third kappa shape index (κ3) is 5.29. The number of ether oxygens (including phenoxy) is 1. The molecule has 2 aromatic rings. The summed E-state index contributed by atoms with van der Waals surface area (Å²) < 4.78 is 5.06. The predicted octanol–water partition coefficient (Wildman–Crippen LogP) is 4.63. The SMILES string of the molecule is COCCCN(CC(=O)N1CCc2sccc2C1c1ccc(Cl)cc1Cl)C(=O)CCl. The molecule has 0 aliphatic carbocycles. The number of fused-ring (bicyclic) bond motifs is 1. The molecule has 0 bridgehead atoms. The van der Waals surface area contributed by atoms with Crippen LogP contribution in [0.1, 0.15) is 28.5 Å². The summed E-state index contributed by atoms with van der Waals surface area (Å²) in [4.78, 5) is 30.2. The van der Waals surface area contributed by atoms with Gasteiger partial charge >= 0.3 is 0 Å². The lowest BCUT2D eigenvalue weighted by atomic mass is 9.93. The Hall–Kier alpha value is -1.31. The van der Waals surface area contributed by atoms with Crippen LogP contribution in [0.5, 0.6) is 0 Å². The van der Waals surface area contributed by atoms with E-state index in [2.05, 4.69) is 0 Å². The monoisotopic (exact) mass is 488 g/mol. The molecule has 0 fully saturated rings. The molecule has 30 heavy (non-hydrogen) atoms. The topological polar surface area (TPSA) is 49.9 Å². The standard InChI is InChI=1S/C21H23Cl3N2O3S/c1-29-9-2-7-25(19(27)12-22)13-20(28)26-8-5-18-16(6-10-30-18)21(26)15-4-3-14(23)11-17(15)24/h3-4,6,10-11,21H,2,5,7-9,12-13H2,1H3. The van der Waals surface area contributed by atoms with E-state index in [1.54, 1.807) is 35.5 Å². The molecule has 1 atom stereocenters. The first-order valence-corrected chi connectivity index (χ1v) is 11.8. The van der Waals surface area contributed by atoms with Crippen LogP contribution in [-0.2, 0) is 20.7 Å². The molecule has 2 amide bonds. The minimum atomic E-state index is -0.316. The van der Waals surface area contributed by atoms with Crippen molar-refractivity contribution in [1.29, 1.82) is 0 Å². The maximum atomic E-state index is 13.3. The largest absolute Gasteiger partial charge is 0.385 e. The highest BCUT2D eigenvalue weighted by molar-refractivity contribution is 7.10. The number of hydrogen-bond donors (Lipinski definition) is 0. The molecular weight excluding hydrogens is 467 g/mol. The molecule has 0 saturated carbocycles. The molecule has 5 nitrogen and oxygen atoms in total. The summed E-state index contributed by atoms with van der Waals surface area (Å²) >= 11 is 20.0. The average Bonchev–Trinajstić information content (AvgIpc) is 3.21. The van der Waals surface area contributed by atoms with Gasteiger partial charge < -0.3 is 14.5 Å².